The van der Waals surface area contributed by atoms with Crippen LogP contribution in [0.4, 0.5) is 5.69 Å². The molecule has 6 nitrogen and oxygen atoms in total. The molecule has 1 N–H and O–H groups in total. The Labute approximate surface area is 150 Å². The van der Waals surface area contributed by atoms with Gasteiger partial charge < -0.3 is 10.1 Å². The van der Waals surface area contributed by atoms with Gasteiger partial charge in [0.25, 0.3) is 5.91 Å². The highest BCUT2D eigenvalue weighted by molar-refractivity contribution is 6.32. The van der Waals surface area contributed by atoms with E-state index in [4.69, 9.17) is 16.3 Å². The van der Waals surface area contributed by atoms with Gasteiger partial charge in [0.2, 0.25) is 0 Å². The number of halogens is 1. The monoisotopic (exact) mass is 356 g/mol. The van der Waals surface area contributed by atoms with Gasteiger partial charge in [0.1, 0.15) is 5.75 Å². The molecule has 0 aliphatic heterocycles. The van der Waals surface area contributed by atoms with Crippen LogP contribution in [0, 0.1) is 13.8 Å². The third-order valence-corrected chi connectivity index (χ3v) is 3.86. The summed E-state index contributed by atoms with van der Waals surface area (Å²) in [6, 6.07) is 10.9. The van der Waals surface area contributed by atoms with Gasteiger partial charge in [0, 0.05) is 12.4 Å². The average molecular weight is 357 g/mol. The smallest absolute Gasteiger partial charge is 0.276 e. The van der Waals surface area contributed by atoms with Gasteiger partial charge in [-0.25, -0.2) is 9.67 Å². The maximum atomic E-state index is 12.2. The van der Waals surface area contributed by atoms with Crippen LogP contribution < -0.4 is 10.1 Å². The van der Waals surface area contributed by atoms with E-state index in [9.17, 15) is 4.79 Å². The minimum absolute atomic E-state index is 0.213. The van der Waals surface area contributed by atoms with Gasteiger partial charge in [0.05, 0.1) is 5.69 Å². The number of hydrogen-bond acceptors (Lipinski definition) is 4. The predicted molar refractivity (Wildman–Crippen MR) is 96.0 cm³/mol. The summed E-state index contributed by atoms with van der Waals surface area (Å²) in [7, 11) is 0. The highest BCUT2D eigenvalue weighted by Crippen LogP contribution is 2.20. The summed E-state index contributed by atoms with van der Waals surface area (Å²) in [6.07, 6.45) is 3.24. The summed E-state index contributed by atoms with van der Waals surface area (Å²) in [5, 5.41) is 7.12. The van der Waals surface area contributed by atoms with Crippen LogP contribution in [0.25, 0.3) is 0 Å². The molecule has 1 amide bonds. The van der Waals surface area contributed by atoms with E-state index < -0.39 is 0 Å². The van der Waals surface area contributed by atoms with Gasteiger partial charge >= 0.3 is 0 Å². The lowest BCUT2D eigenvalue weighted by atomic mass is 10.1. The number of hydrogen-bond donors (Lipinski definition) is 1. The van der Waals surface area contributed by atoms with Crippen LogP contribution in [0.5, 0.6) is 5.75 Å². The van der Waals surface area contributed by atoms with Gasteiger partial charge in [0.15, 0.2) is 17.6 Å². The molecule has 1 aromatic carbocycles. The molecular formula is C18H17ClN4O2. The van der Waals surface area contributed by atoms with Crippen molar-refractivity contribution < 1.29 is 9.53 Å². The van der Waals surface area contributed by atoms with E-state index in [1.54, 1.807) is 35.3 Å². The molecule has 0 bridgehead atoms. The molecular weight excluding hydrogens is 340 g/mol. The fourth-order valence-electron chi connectivity index (χ4n) is 2.32. The quantitative estimate of drug-likeness (QED) is 0.705. The van der Waals surface area contributed by atoms with Gasteiger partial charge in [-0.1, -0.05) is 29.3 Å². The maximum Gasteiger partial charge on any atom is 0.276 e. The second-order valence-electron chi connectivity index (χ2n) is 5.58. The Bertz CT molecular complexity index is 908. The van der Waals surface area contributed by atoms with Crippen molar-refractivity contribution in [3.63, 3.8) is 0 Å². The molecule has 0 fully saturated rings. The Hall–Kier alpha value is -2.86. The van der Waals surface area contributed by atoms with Crippen molar-refractivity contribution in [2.24, 2.45) is 0 Å². The second kappa shape index (κ2) is 7.36. The summed E-state index contributed by atoms with van der Waals surface area (Å²) in [6.45, 7) is 4.23. The standard InChI is InChI=1S/C18H17ClN4O2/c1-12-5-6-16(13(2)10-12)25-11-23-9-7-15(22-23)18(24)21-14-4-3-8-20-17(14)19/h3-10H,11H2,1-2H3,(H,21,24). The van der Waals surface area contributed by atoms with Crippen LogP contribution in [0.1, 0.15) is 21.6 Å². The lowest BCUT2D eigenvalue weighted by Gasteiger charge is -2.09. The van der Waals surface area contributed by atoms with Crippen LogP contribution in [-0.2, 0) is 6.73 Å². The molecule has 3 aromatic rings. The summed E-state index contributed by atoms with van der Waals surface area (Å²) in [5.41, 5.74) is 2.94. The fourth-order valence-corrected chi connectivity index (χ4v) is 2.48. The molecule has 0 atom stereocenters. The average Bonchev–Trinajstić information content (AvgIpc) is 3.05. The number of carbonyl (C=O) groups excluding carboxylic acids is 1. The number of pyridine rings is 1. The second-order valence-corrected chi connectivity index (χ2v) is 5.94. The first-order valence-corrected chi connectivity index (χ1v) is 8.06. The van der Waals surface area contributed by atoms with E-state index >= 15 is 0 Å². The molecule has 0 aliphatic carbocycles. The lowest BCUT2D eigenvalue weighted by molar-refractivity contribution is 0.102. The Morgan fingerprint density at radius 3 is 2.88 bits per heavy atom. The van der Waals surface area contributed by atoms with E-state index in [-0.39, 0.29) is 23.5 Å². The SMILES string of the molecule is Cc1ccc(OCn2ccc(C(=O)Nc3cccnc3Cl)n2)c(C)c1. The minimum Gasteiger partial charge on any atom is -0.471 e. The number of amides is 1. The Balaban J connectivity index is 1.64. The number of carbonyl (C=O) groups is 1. The van der Waals surface area contributed by atoms with E-state index in [2.05, 4.69) is 21.5 Å². The molecule has 7 heteroatoms. The molecule has 3 rings (SSSR count). The molecule has 0 radical (unpaired) electrons. The Morgan fingerprint density at radius 2 is 2.12 bits per heavy atom. The number of nitrogens with zero attached hydrogens (tertiary/aromatic N) is 3. The molecule has 0 saturated heterocycles. The van der Waals surface area contributed by atoms with Gasteiger partial charge in [-0.05, 0) is 43.7 Å². The molecule has 0 unspecified atom stereocenters. The molecule has 128 valence electrons. The zero-order chi connectivity index (χ0) is 17.8. The van der Waals surface area contributed by atoms with Crippen molar-refractivity contribution in [1.29, 1.82) is 0 Å². The number of ether oxygens (including phenoxy) is 1. The normalized spacial score (nSPS) is 10.5. The number of aromatic nitrogens is 3. The van der Waals surface area contributed by atoms with E-state index in [0.717, 1.165) is 11.3 Å². The van der Waals surface area contributed by atoms with Crippen LogP contribution in [0.3, 0.4) is 0 Å². The number of aryl methyl sites for hydroxylation is 2. The van der Waals surface area contributed by atoms with Crippen LogP contribution in [0.15, 0.2) is 48.8 Å². The molecule has 2 heterocycles. The zero-order valence-corrected chi connectivity index (χ0v) is 14.6. The fraction of sp³-hybridized carbons (Fsp3) is 0.167. The summed E-state index contributed by atoms with van der Waals surface area (Å²) < 4.78 is 7.30. The third kappa shape index (κ3) is 4.16. The lowest BCUT2D eigenvalue weighted by Crippen LogP contribution is -2.14. The first-order valence-electron chi connectivity index (χ1n) is 7.68. The summed E-state index contributed by atoms with van der Waals surface area (Å²) >= 11 is 5.93. The molecule has 0 spiro atoms. The Kier molecular flexibility index (Phi) is 5.00. The first-order chi connectivity index (χ1) is 12.0. The van der Waals surface area contributed by atoms with Gasteiger partial charge in [-0.15, -0.1) is 0 Å². The van der Waals surface area contributed by atoms with Gasteiger partial charge in [-0.3, -0.25) is 4.79 Å². The van der Waals surface area contributed by atoms with E-state index in [1.807, 2.05) is 26.0 Å². The van der Waals surface area contributed by atoms with Crippen LogP contribution in [-0.4, -0.2) is 20.7 Å². The van der Waals surface area contributed by atoms with Crippen LogP contribution >= 0.6 is 11.6 Å². The Morgan fingerprint density at radius 1 is 1.28 bits per heavy atom. The highest BCUT2D eigenvalue weighted by Gasteiger charge is 2.12. The molecule has 0 saturated carbocycles. The highest BCUT2D eigenvalue weighted by atomic mass is 35.5. The van der Waals surface area contributed by atoms with Crippen molar-refractivity contribution in [2.75, 3.05) is 5.32 Å². The number of anilines is 1. The first kappa shape index (κ1) is 17.0. The minimum atomic E-state index is -0.361. The zero-order valence-electron chi connectivity index (χ0n) is 13.9. The summed E-state index contributed by atoms with van der Waals surface area (Å²) in [5.74, 6) is 0.425. The van der Waals surface area contributed by atoms with E-state index in [1.165, 1.54) is 5.56 Å². The molecule has 25 heavy (non-hydrogen) atoms. The maximum absolute atomic E-state index is 12.2. The predicted octanol–water partition coefficient (Wildman–Crippen LogP) is 3.84. The number of nitrogens with one attached hydrogen (secondary N) is 1. The molecule has 0 aliphatic rings. The summed E-state index contributed by atoms with van der Waals surface area (Å²) in [4.78, 5) is 16.1. The van der Waals surface area contributed by atoms with Crippen molar-refractivity contribution in [3.8, 4) is 5.75 Å². The van der Waals surface area contributed by atoms with Crippen molar-refractivity contribution >= 4 is 23.2 Å². The molecule has 2 aromatic heterocycles. The number of rotatable bonds is 5. The van der Waals surface area contributed by atoms with Crippen LogP contribution in [0.2, 0.25) is 5.15 Å². The van der Waals surface area contributed by atoms with Crippen molar-refractivity contribution in [3.05, 3.63) is 70.8 Å². The number of benzene rings is 1. The largest absolute Gasteiger partial charge is 0.471 e. The third-order valence-electron chi connectivity index (χ3n) is 3.56. The van der Waals surface area contributed by atoms with Crippen molar-refractivity contribution in [2.45, 2.75) is 20.6 Å². The topological polar surface area (TPSA) is 69.0 Å². The van der Waals surface area contributed by atoms with Gasteiger partial charge in [-0.2, -0.15) is 5.10 Å². The van der Waals surface area contributed by atoms with E-state index in [0.29, 0.717) is 5.69 Å². The van der Waals surface area contributed by atoms with Crippen molar-refractivity contribution in [1.82, 2.24) is 14.8 Å².